The Labute approximate surface area is 204 Å². The maximum atomic E-state index is 12.8. The second-order valence-corrected chi connectivity index (χ2v) is 7.83. The Hall–Kier alpha value is -4.46. The van der Waals surface area contributed by atoms with E-state index in [9.17, 15) is 4.79 Å². The van der Waals surface area contributed by atoms with E-state index < -0.39 is 0 Å². The molecule has 35 heavy (non-hydrogen) atoms. The molecule has 1 aliphatic rings. The predicted octanol–water partition coefficient (Wildman–Crippen LogP) is 4.51. The first-order valence-corrected chi connectivity index (χ1v) is 11.2. The van der Waals surface area contributed by atoms with Crippen LogP contribution >= 0.6 is 0 Å². The molecule has 0 spiro atoms. The minimum atomic E-state index is -0.276. The third-order valence-electron chi connectivity index (χ3n) is 5.50. The highest BCUT2D eigenvalue weighted by Gasteiger charge is 2.22. The Morgan fingerprint density at radius 1 is 1.29 bits per heavy atom. The molecule has 2 N–H and O–H groups in total. The van der Waals surface area contributed by atoms with Gasteiger partial charge in [-0.05, 0) is 42.3 Å². The van der Waals surface area contributed by atoms with Crippen LogP contribution < -0.4 is 15.4 Å². The Morgan fingerprint density at radius 3 is 2.89 bits per heavy atom. The van der Waals surface area contributed by atoms with Crippen molar-refractivity contribution >= 4 is 17.6 Å². The van der Waals surface area contributed by atoms with Crippen molar-refractivity contribution in [2.45, 2.75) is 19.9 Å². The molecule has 1 aromatic carbocycles. The number of hydrogen-bond acceptors (Lipinski definition) is 7. The Morgan fingerprint density at radius 2 is 2.11 bits per heavy atom. The number of carbonyl (C=O) groups is 1. The van der Waals surface area contributed by atoms with E-state index in [-0.39, 0.29) is 5.91 Å². The molecule has 2 aromatic heterocycles. The second-order valence-electron chi connectivity index (χ2n) is 7.83. The van der Waals surface area contributed by atoms with Gasteiger partial charge in [0.25, 0.3) is 5.91 Å². The SMILES string of the molecule is C=CN=C(/C=C(\C)OC)NC(=O)c1cccc(CNc2ncc(-c3ccncc3)c3c2CCO3)c1. The maximum absolute atomic E-state index is 12.8. The summed E-state index contributed by atoms with van der Waals surface area (Å²) in [7, 11) is 1.55. The number of nitrogens with zero attached hydrogens (tertiary/aromatic N) is 3. The molecule has 1 aliphatic heterocycles. The minimum Gasteiger partial charge on any atom is -0.501 e. The third-order valence-corrected chi connectivity index (χ3v) is 5.50. The number of allylic oxidation sites excluding steroid dienone is 1. The average molecular weight is 470 g/mol. The largest absolute Gasteiger partial charge is 0.501 e. The van der Waals surface area contributed by atoms with E-state index in [2.05, 4.69) is 32.2 Å². The van der Waals surface area contributed by atoms with Gasteiger partial charge < -0.3 is 20.1 Å². The lowest BCUT2D eigenvalue weighted by atomic mass is 10.0. The number of anilines is 1. The first kappa shape index (κ1) is 23.7. The number of hydrogen-bond donors (Lipinski definition) is 2. The molecule has 3 heterocycles. The Bertz CT molecular complexity index is 1290. The van der Waals surface area contributed by atoms with Crippen LogP contribution in [0.1, 0.15) is 28.4 Å². The number of fused-ring (bicyclic) bond motifs is 1. The first-order valence-electron chi connectivity index (χ1n) is 11.2. The maximum Gasteiger partial charge on any atom is 0.256 e. The summed E-state index contributed by atoms with van der Waals surface area (Å²) >= 11 is 0. The molecule has 0 radical (unpaired) electrons. The Kier molecular flexibility index (Phi) is 7.52. The molecule has 0 fully saturated rings. The zero-order valence-electron chi connectivity index (χ0n) is 19.7. The second kappa shape index (κ2) is 11.1. The van der Waals surface area contributed by atoms with Crippen molar-refractivity contribution in [1.29, 1.82) is 0 Å². The molecule has 8 heteroatoms. The minimum absolute atomic E-state index is 0.276. The molecule has 0 saturated carbocycles. The lowest BCUT2D eigenvalue weighted by molar-refractivity contribution is 0.0977. The van der Waals surface area contributed by atoms with Gasteiger partial charge in [0, 0.05) is 60.5 Å². The quantitative estimate of drug-likeness (QED) is 0.286. The monoisotopic (exact) mass is 469 g/mol. The molecule has 0 atom stereocenters. The van der Waals surface area contributed by atoms with Crippen LogP contribution in [-0.2, 0) is 17.7 Å². The fourth-order valence-electron chi connectivity index (χ4n) is 3.73. The van der Waals surface area contributed by atoms with E-state index in [1.807, 2.05) is 36.5 Å². The zero-order valence-corrected chi connectivity index (χ0v) is 19.7. The van der Waals surface area contributed by atoms with E-state index in [1.165, 1.54) is 6.20 Å². The summed E-state index contributed by atoms with van der Waals surface area (Å²) in [6.07, 6.45) is 9.12. The van der Waals surface area contributed by atoms with Crippen molar-refractivity contribution < 1.29 is 14.3 Å². The highest BCUT2D eigenvalue weighted by atomic mass is 16.5. The number of methoxy groups -OCH3 is 1. The van der Waals surface area contributed by atoms with Crippen molar-refractivity contribution in [3.63, 3.8) is 0 Å². The van der Waals surface area contributed by atoms with E-state index >= 15 is 0 Å². The van der Waals surface area contributed by atoms with Crippen molar-refractivity contribution in [2.75, 3.05) is 19.0 Å². The van der Waals surface area contributed by atoms with Gasteiger partial charge in [-0.1, -0.05) is 18.7 Å². The van der Waals surface area contributed by atoms with Crippen molar-refractivity contribution in [3.05, 3.63) is 96.3 Å². The van der Waals surface area contributed by atoms with Gasteiger partial charge in [0.15, 0.2) is 0 Å². The number of rotatable bonds is 8. The van der Waals surface area contributed by atoms with Gasteiger partial charge >= 0.3 is 0 Å². The predicted molar refractivity (Wildman–Crippen MR) is 136 cm³/mol. The van der Waals surface area contributed by atoms with Crippen molar-refractivity contribution in [1.82, 2.24) is 15.3 Å². The summed E-state index contributed by atoms with van der Waals surface area (Å²) in [5.41, 5.74) is 4.48. The topological polar surface area (TPSA) is 97.7 Å². The van der Waals surface area contributed by atoms with Gasteiger partial charge in [0.05, 0.1) is 19.5 Å². The molecule has 8 nitrogen and oxygen atoms in total. The molecule has 4 rings (SSSR count). The number of carbonyl (C=O) groups excluding carboxylic acids is 1. The summed E-state index contributed by atoms with van der Waals surface area (Å²) in [4.78, 5) is 25.6. The van der Waals surface area contributed by atoms with Crippen molar-refractivity contribution in [2.24, 2.45) is 4.99 Å². The molecule has 0 bridgehead atoms. The lowest BCUT2D eigenvalue weighted by Gasteiger charge is -2.13. The molecule has 0 aliphatic carbocycles. The number of aromatic nitrogens is 2. The van der Waals surface area contributed by atoms with Gasteiger partial charge in [-0.3, -0.25) is 9.78 Å². The average Bonchev–Trinajstić information content (AvgIpc) is 3.38. The van der Waals surface area contributed by atoms with Crippen LogP contribution in [0.15, 0.2) is 84.6 Å². The highest BCUT2D eigenvalue weighted by Crippen LogP contribution is 2.39. The van der Waals surface area contributed by atoms with E-state index in [1.54, 1.807) is 38.6 Å². The molecule has 178 valence electrons. The summed E-state index contributed by atoms with van der Waals surface area (Å²) < 4.78 is 11.1. The van der Waals surface area contributed by atoms with E-state index in [0.717, 1.165) is 40.2 Å². The van der Waals surface area contributed by atoms with Gasteiger partial charge in [0.2, 0.25) is 0 Å². The lowest BCUT2D eigenvalue weighted by Crippen LogP contribution is -2.29. The number of aliphatic imine (C=N–C) groups is 1. The fraction of sp³-hybridized carbons (Fsp3) is 0.185. The normalized spacial score (nSPS) is 13.0. The summed E-state index contributed by atoms with van der Waals surface area (Å²) in [6.45, 7) is 6.49. The molecule has 0 unspecified atom stereocenters. The van der Waals surface area contributed by atoms with Gasteiger partial charge in [-0.25, -0.2) is 9.98 Å². The number of ether oxygens (including phenoxy) is 2. The highest BCUT2D eigenvalue weighted by molar-refractivity contribution is 6.10. The number of nitrogens with one attached hydrogen (secondary N) is 2. The Balaban J connectivity index is 1.48. The van der Waals surface area contributed by atoms with Crippen LogP contribution in [-0.4, -0.2) is 35.4 Å². The molecule has 1 amide bonds. The van der Waals surface area contributed by atoms with Crippen LogP contribution in [0.2, 0.25) is 0 Å². The zero-order chi connectivity index (χ0) is 24.6. The van der Waals surface area contributed by atoms with Crippen LogP contribution in [0.3, 0.4) is 0 Å². The number of amidine groups is 1. The van der Waals surface area contributed by atoms with Gasteiger partial charge in [0.1, 0.15) is 17.4 Å². The van der Waals surface area contributed by atoms with Crippen LogP contribution in [0, 0.1) is 0 Å². The third kappa shape index (κ3) is 5.73. The summed E-state index contributed by atoms with van der Waals surface area (Å²) in [5.74, 6) is 2.33. The number of benzene rings is 1. The van der Waals surface area contributed by atoms with Crippen molar-refractivity contribution in [3.8, 4) is 16.9 Å². The van der Waals surface area contributed by atoms with Crippen LogP contribution in [0.5, 0.6) is 5.75 Å². The number of pyridine rings is 2. The first-order chi connectivity index (χ1) is 17.1. The fourth-order valence-corrected chi connectivity index (χ4v) is 3.73. The smallest absolute Gasteiger partial charge is 0.256 e. The van der Waals surface area contributed by atoms with Gasteiger partial charge in [-0.2, -0.15) is 0 Å². The number of amides is 1. The molecular formula is C27H27N5O3. The van der Waals surface area contributed by atoms with E-state index in [4.69, 9.17) is 9.47 Å². The molecule has 0 saturated heterocycles. The summed E-state index contributed by atoms with van der Waals surface area (Å²) in [5, 5.41) is 6.19. The van der Waals surface area contributed by atoms with Crippen LogP contribution in [0.25, 0.3) is 11.1 Å². The standard InChI is InChI=1S/C27H27N5O3/c1-4-29-24(14-18(2)34-3)32-27(33)21-7-5-6-19(15-21)16-30-26-22-10-13-35-25(22)23(17-31-26)20-8-11-28-12-9-20/h4-9,11-12,14-15,17H,1,10,13,16H2,2-3H3,(H,30,31)(H,29,32,33)/b18-14+. The van der Waals surface area contributed by atoms with Gasteiger partial charge in [-0.15, -0.1) is 0 Å². The van der Waals surface area contributed by atoms with E-state index in [0.29, 0.717) is 30.3 Å². The molecule has 3 aromatic rings. The van der Waals surface area contributed by atoms with Crippen LogP contribution in [0.4, 0.5) is 5.82 Å². The molecular weight excluding hydrogens is 442 g/mol. The summed E-state index contributed by atoms with van der Waals surface area (Å²) in [6, 6.07) is 11.3.